The molecule has 0 aliphatic carbocycles. The van der Waals surface area contributed by atoms with Gasteiger partial charge in [0.15, 0.2) is 10.9 Å². The fourth-order valence-electron chi connectivity index (χ4n) is 18.3. The van der Waals surface area contributed by atoms with Crippen molar-refractivity contribution in [2.24, 2.45) is 0 Å². The van der Waals surface area contributed by atoms with Crippen LogP contribution in [0, 0.1) is 0 Å². The van der Waals surface area contributed by atoms with Gasteiger partial charge in [0.25, 0.3) is 0 Å². The summed E-state index contributed by atoms with van der Waals surface area (Å²) in [5, 5.41) is 22.7. The van der Waals surface area contributed by atoms with Gasteiger partial charge >= 0.3 is 5.63 Å². The number of fused-ring (bicyclic) bond motifs is 12. The molecule has 0 radical (unpaired) electrons. The summed E-state index contributed by atoms with van der Waals surface area (Å²) in [5.41, 5.74) is 18.8. The van der Waals surface area contributed by atoms with Crippen molar-refractivity contribution in [2.75, 3.05) is 18.0 Å². The summed E-state index contributed by atoms with van der Waals surface area (Å²) in [6.07, 6.45) is 4.40. The molecule has 0 atom stereocenters. The summed E-state index contributed by atoms with van der Waals surface area (Å²) in [6, 6.07) is 119. The average molecular weight is 1470 g/mol. The Kier molecular flexibility index (Phi) is 16.5. The number of para-hydroxylation sites is 3. The number of hydrogen-bond acceptors (Lipinski definition) is 7. The van der Waals surface area contributed by atoms with E-state index in [0.29, 0.717) is 38.1 Å². The van der Waals surface area contributed by atoms with Gasteiger partial charge in [-0.3, -0.25) is 9.59 Å². The van der Waals surface area contributed by atoms with E-state index in [2.05, 4.69) is 269 Å². The maximum Gasteiger partial charge on any atom is 0.346 e. The normalized spacial score (nSPS) is 12.7. The molecule has 8 nitrogen and oxygen atoms in total. The van der Waals surface area contributed by atoms with Crippen molar-refractivity contribution < 1.29 is 4.42 Å². The van der Waals surface area contributed by atoms with Crippen LogP contribution < -0.4 is 21.4 Å². The zero-order valence-electron chi connectivity index (χ0n) is 61.5. The van der Waals surface area contributed by atoms with E-state index in [4.69, 9.17) is 4.42 Å². The second-order valence-electron chi connectivity index (χ2n) is 29.6. The van der Waals surface area contributed by atoms with Crippen molar-refractivity contribution in [3.8, 4) is 55.1 Å². The molecule has 4 aromatic heterocycles. The molecule has 2 aliphatic heterocycles. The van der Waals surface area contributed by atoms with Crippen LogP contribution in [0.4, 0.5) is 5.69 Å². The van der Waals surface area contributed by atoms with Crippen molar-refractivity contribution in [1.29, 1.82) is 0 Å². The van der Waals surface area contributed by atoms with Gasteiger partial charge in [-0.25, -0.2) is 9.78 Å². The number of aromatic amines is 2. The Balaban J connectivity index is 0.0000000988. The molecule has 0 unspecified atom stereocenters. The van der Waals surface area contributed by atoms with Crippen molar-refractivity contribution in [3.63, 3.8) is 0 Å². The topological polar surface area (TPSA) is 112 Å². The number of aromatic nitrogens is 3. The highest BCUT2D eigenvalue weighted by Crippen LogP contribution is 2.54. The van der Waals surface area contributed by atoms with Crippen LogP contribution in [-0.4, -0.2) is 28.0 Å². The molecule has 9 heteroatoms. The van der Waals surface area contributed by atoms with E-state index >= 15 is 0 Å². The predicted molar refractivity (Wildman–Crippen MR) is 476 cm³/mol. The van der Waals surface area contributed by atoms with Crippen molar-refractivity contribution in [1.82, 2.24) is 15.0 Å². The SMILES string of the molecule is O=c1c2ccccc2[nH]c2cc3c(=O)c4ccccc4[nH]c3cc12.O=c1oc2c3c4c(cc2cc1-c1nc2ccccc2s1)CCCN4CCC3.c1cc2cccc3c4cccc5cccc(c(c1)c23)c54.c1ccc(-c2c3ccccc3c(-c3ccccc3)c3c(-c4ccccc4)c4ccccc4c(-c4ccccc4)c23)cc1. The third kappa shape index (κ3) is 11.4. The Bertz CT molecular complexity index is 7130. The maximum atomic E-state index is 12.8. The number of hydrogen-bond donors (Lipinski definition) is 2. The second-order valence-corrected chi connectivity index (χ2v) is 30.6. The van der Waals surface area contributed by atoms with Gasteiger partial charge in [-0.1, -0.05) is 279 Å². The number of nitrogens with zero attached hydrogens (tertiary/aromatic N) is 2. The smallest absolute Gasteiger partial charge is 0.346 e. The van der Waals surface area contributed by atoms with Crippen molar-refractivity contribution in [3.05, 3.63) is 382 Å². The van der Waals surface area contributed by atoms with Crippen LogP contribution in [0.5, 0.6) is 0 Å². The summed E-state index contributed by atoms with van der Waals surface area (Å²) >= 11 is 1.54. The largest absolute Gasteiger partial charge is 0.422 e. The van der Waals surface area contributed by atoms with Gasteiger partial charge in [0, 0.05) is 62.3 Å². The summed E-state index contributed by atoms with van der Waals surface area (Å²) in [6.45, 7) is 2.22. The second kappa shape index (κ2) is 27.8. The number of pyridine rings is 2. The number of rotatable bonds is 5. The molecule has 2 aliphatic rings. The van der Waals surface area contributed by atoms with Crippen molar-refractivity contribution >= 4 is 157 Å². The van der Waals surface area contributed by atoms with Crippen LogP contribution in [-0.2, 0) is 12.8 Å². The fraction of sp³-hybridized carbons (Fsp3) is 0.0577. The van der Waals surface area contributed by atoms with Gasteiger partial charge in [0.1, 0.15) is 10.6 Å². The van der Waals surface area contributed by atoms with Crippen LogP contribution >= 0.6 is 11.3 Å². The van der Waals surface area contributed by atoms with E-state index in [1.54, 1.807) is 35.6 Å². The molecule has 6 heterocycles. The summed E-state index contributed by atoms with van der Waals surface area (Å²) in [5.74, 6) is 0. The Hall–Kier alpha value is -14.1. The molecule has 0 spiro atoms. The van der Waals surface area contributed by atoms with Crippen LogP contribution in [0.1, 0.15) is 24.0 Å². The minimum Gasteiger partial charge on any atom is -0.422 e. The van der Waals surface area contributed by atoms with Gasteiger partial charge in [-0.2, -0.15) is 0 Å². The van der Waals surface area contributed by atoms with Gasteiger partial charge in [-0.15, -0.1) is 11.3 Å². The van der Waals surface area contributed by atoms with E-state index in [-0.39, 0.29) is 16.5 Å². The molecule has 24 rings (SSSR count). The molecule has 0 saturated heterocycles. The lowest BCUT2D eigenvalue weighted by Gasteiger charge is -2.37. The monoisotopic (exact) mass is 1470 g/mol. The number of aryl methyl sites for hydroxylation is 2. The third-order valence-corrected chi connectivity index (χ3v) is 24.2. The minimum absolute atomic E-state index is 0.0322. The summed E-state index contributed by atoms with van der Waals surface area (Å²) in [4.78, 5) is 52.0. The van der Waals surface area contributed by atoms with Crippen LogP contribution in [0.15, 0.2) is 359 Å². The molecule has 2 N–H and O–H groups in total. The first-order valence-corrected chi connectivity index (χ1v) is 39.6. The van der Waals surface area contributed by atoms with E-state index in [1.807, 2.05) is 66.7 Å². The first-order valence-electron chi connectivity index (χ1n) is 38.8. The molecular weight excluding hydrogens is 1400 g/mol. The van der Waals surface area contributed by atoms with E-state index in [1.165, 1.54) is 143 Å². The fourth-order valence-corrected chi connectivity index (χ4v) is 19.2. The molecule has 0 saturated carbocycles. The highest BCUT2D eigenvalue weighted by Gasteiger charge is 2.29. The molecular formula is C104H70N4O4S. The first kappa shape index (κ1) is 67.0. The number of benzene rings is 18. The molecule has 0 fully saturated rings. The van der Waals surface area contributed by atoms with E-state index < -0.39 is 0 Å². The Labute approximate surface area is 652 Å². The quantitative estimate of drug-likeness (QED) is 0.101. The Morgan fingerprint density at radius 3 is 1.14 bits per heavy atom. The van der Waals surface area contributed by atoms with Gasteiger partial charge in [0.05, 0.1) is 26.8 Å². The predicted octanol–water partition coefficient (Wildman–Crippen LogP) is 26.0. The van der Waals surface area contributed by atoms with E-state index in [9.17, 15) is 14.4 Å². The highest BCUT2D eigenvalue weighted by molar-refractivity contribution is 7.21. The van der Waals surface area contributed by atoms with Gasteiger partial charge < -0.3 is 19.3 Å². The number of anilines is 1. The summed E-state index contributed by atoms with van der Waals surface area (Å²) in [7, 11) is 0. The maximum absolute atomic E-state index is 12.8. The highest BCUT2D eigenvalue weighted by atomic mass is 32.1. The number of H-pyrrole nitrogens is 2. The third-order valence-electron chi connectivity index (χ3n) is 23.1. The minimum atomic E-state index is -0.286. The first-order chi connectivity index (χ1) is 55.8. The van der Waals surface area contributed by atoms with Crippen LogP contribution in [0.3, 0.4) is 0 Å². The molecule has 18 aromatic carbocycles. The zero-order valence-corrected chi connectivity index (χ0v) is 62.3. The van der Waals surface area contributed by atoms with E-state index in [0.717, 1.165) is 69.6 Å². The molecule has 536 valence electrons. The molecule has 0 amide bonds. The average Bonchev–Trinajstić information content (AvgIpc) is 0.789. The van der Waals surface area contributed by atoms with Crippen LogP contribution in [0.25, 0.3) is 195 Å². The lowest BCUT2D eigenvalue weighted by Crippen LogP contribution is -2.34. The Morgan fingerprint density at radius 1 is 0.327 bits per heavy atom. The lowest BCUT2D eigenvalue weighted by molar-refractivity contribution is 0.551. The van der Waals surface area contributed by atoms with Gasteiger partial charge in [0.2, 0.25) is 0 Å². The van der Waals surface area contributed by atoms with Crippen LogP contribution in [0.2, 0.25) is 0 Å². The summed E-state index contributed by atoms with van der Waals surface area (Å²) < 4.78 is 6.98. The number of nitrogens with one attached hydrogen (secondary N) is 2. The lowest BCUT2D eigenvalue weighted by atomic mass is 9.77. The Morgan fingerprint density at radius 2 is 0.708 bits per heavy atom. The zero-order chi connectivity index (χ0) is 75.2. The number of thiazole rings is 1. The standard InChI is InChI=1S/C42H28.C22H18N2O2S.C20H12N2O2.C20H12/c1-5-17-29(18-6-1)37-33-25-13-14-26-34(33)39(31-21-9-3-10-22-31)42-40(32-23-11-4-12-24-32)36-28-16-15-27-35(36)38(41(37)42)30-19-7-2-8-20-30;25-22-16(21-23-17-7-1-2-8-18(17)27-21)12-14-11-13-5-3-9-24-10-4-6-15(19(13)24)20(14)26-22;23-19-11-5-1-3-7-15(11)21-17-10-14-18(9-13(17)19)22-16-8-4-2-6-12(16)20(14)24;1-5-13-6-2-11-17-18-12-4-8-14-7-3-10-16(20(14)18)15(9-1)19(13)17/h1-28H;1-2,7-8,11-12H,3-6,9-10H2;1-10H,(H,21,23)(H,22,24);1-12H. The van der Waals surface area contributed by atoms with Crippen molar-refractivity contribution in [2.45, 2.75) is 25.7 Å². The van der Waals surface area contributed by atoms with Gasteiger partial charge in [-0.05, 0) is 212 Å². The molecule has 113 heavy (non-hydrogen) atoms. The molecule has 0 bridgehead atoms. The molecule has 22 aromatic rings.